The van der Waals surface area contributed by atoms with Crippen LogP contribution in [0.15, 0.2) is 47.4 Å². The molecule has 1 saturated heterocycles. The average Bonchev–Trinajstić information content (AvgIpc) is 2.74. The maximum atomic E-state index is 12.9. The number of benzene rings is 2. The monoisotopic (exact) mass is 433 g/mol. The molecule has 160 valence electrons. The first kappa shape index (κ1) is 21.7. The molecular weight excluding hydrogens is 410 g/mol. The molecule has 30 heavy (non-hydrogen) atoms. The molecule has 10 heteroatoms. The van der Waals surface area contributed by atoms with Crippen LogP contribution in [0.2, 0.25) is 0 Å². The van der Waals surface area contributed by atoms with Gasteiger partial charge in [-0.25, -0.2) is 8.42 Å². The highest BCUT2D eigenvalue weighted by Gasteiger charge is 2.32. The summed E-state index contributed by atoms with van der Waals surface area (Å²) in [4.78, 5) is 23.1. The lowest BCUT2D eigenvalue weighted by Gasteiger charge is -2.30. The fraction of sp³-hybridized carbons (Fsp3) is 0.350. The number of aryl methyl sites for hydroxylation is 1. The van der Waals surface area contributed by atoms with Crippen LogP contribution in [0, 0.1) is 23.0 Å². The lowest BCUT2D eigenvalue weighted by atomic mass is 9.97. The number of nitrogens with one attached hydrogen (secondary N) is 1. The predicted molar refractivity (Wildman–Crippen MR) is 111 cm³/mol. The van der Waals surface area contributed by atoms with E-state index < -0.39 is 14.9 Å². The number of nitro groups is 1. The number of methoxy groups -OCH3 is 1. The highest BCUT2D eigenvalue weighted by atomic mass is 32.2. The van der Waals surface area contributed by atoms with Gasteiger partial charge in [-0.2, -0.15) is 4.31 Å². The molecule has 0 aromatic heterocycles. The van der Waals surface area contributed by atoms with Crippen LogP contribution in [-0.2, 0) is 14.8 Å². The lowest BCUT2D eigenvalue weighted by Crippen LogP contribution is -2.41. The van der Waals surface area contributed by atoms with Crippen LogP contribution >= 0.6 is 0 Å². The van der Waals surface area contributed by atoms with Crippen molar-refractivity contribution < 1.29 is 22.9 Å². The minimum absolute atomic E-state index is 0.108. The summed E-state index contributed by atoms with van der Waals surface area (Å²) in [5.41, 5.74) is 0.964. The Labute approximate surface area is 174 Å². The van der Waals surface area contributed by atoms with Crippen molar-refractivity contribution in [3.8, 4) is 5.75 Å². The van der Waals surface area contributed by atoms with Crippen LogP contribution in [0.5, 0.6) is 5.75 Å². The Morgan fingerprint density at radius 1 is 1.20 bits per heavy atom. The summed E-state index contributed by atoms with van der Waals surface area (Å²) in [6.07, 6.45) is 0.740. The smallest absolute Gasteiger partial charge is 0.271 e. The summed E-state index contributed by atoms with van der Waals surface area (Å²) in [5.74, 6) is -0.0216. The molecular formula is C20H23N3O6S. The van der Waals surface area contributed by atoms with Gasteiger partial charge in [-0.1, -0.05) is 6.07 Å². The molecule has 0 radical (unpaired) electrons. The highest BCUT2D eigenvalue weighted by Crippen LogP contribution is 2.28. The van der Waals surface area contributed by atoms with E-state index >= 15 is 0 Å². The van der Waals surface area contributed by atoms with E-state index in [0.717, 1.165) is 5.56 Å². The van der Waals surface area contributed by atoms with Gasteiger partial charge in [-0.15, -0.1) is 0 Å². The third kappa shape index (κ3) is 4.60. The zero-order valence-corrected chi connectivity index (χ0v) is 17.5. The number of hydrogen-bond acceptors (Lipinski definition) is 6. The average molecular weight is 433 g/mol. The number of rotatable bonds is 6. The minimum Gasteiger partial charge on any atom is -0.496 e. The maximum absolute atomic E-state index is 12.9. The molecule has 0 aliphatic carbocycles. The van der Waals surface area contributed by atoms with Crippen LogP contribution in [-0.4, -0.2) is 43.8 Å². The van der Waals surface area contributed by atoms with Crippen molar-refractivity contribution in [3.63, 3.8) is 0 Å². The van der Waals surface area contributed by atoms with Crippen LogP contribution in [0.4, 0.5) is 11.4 Å². The summed E-state index contributed by atoms with van der Waals surface area (Å²) in [7, 11) is -2.13. The molecule has 0 atom stereocenters. The molecule has 9 nitrogen and oxygen atoms in total. The Morgan fingerprint density at radius 2 is 1.90 bits per heavy atom. The number of anilines is 1. The number of nitrogens with zero attached hydrogens (tertiary/aromatic N) is 2. The van der Waals surface area contributed by atoms with Gasteiger partial charge in [0.15, 0.2) is 0 Å². The molecule has 0 unspecified atom stereocenters. The second-order valence-corrected chi connectivity index (χ2v) is 9.04. The molecule has 1 aliphatic heterocycles. The molecule has 2 aromatic rings. The summed E-state index contributed by atoms with van der Waals surface area (Å²) in [6.45, 7) is 2.23. The molecule has 1 N–H and O–H groups in total. The first-order valence-corrected chi connectivity index (χ1v) is 10.9. The van der Waals surface area contributed by atoms with Crippen LogP contribution in [0.3, 0.4) is 0 Å². The fourth-order valence-corrected chi connectivity index (χ4v) is 5.02. The first-order chi connectivity index (χ1) is 14.2. The van der Waals surface area contributed by atoms with Gasteiger partial charge in [0.1, 0.15) is 5.75 Å². The number of sulfonamides is 1. The molecule has 0 spiro atoms. The highest BCUT2D eigenvalue weighted by molar-refractivity contribution is 7.89. The van der Waals surface area contributed by atoms with E-state index in [1.165, 1.54) is 35.7 Å². The minimum atomic E-state index is -3.66. The van der Waals surface area contributed by atoms with E-state index in [9.17, 15) is 23.3 Å². The topological polar surface area (TPSA) is 119 Å². The normalized spacial score (nSPS) is 15.5. The van der Waals surface area contributed by atoms with Crippen LogP contribution in [0.25, 0.3) is 0 Å². The number of hydrogen-bond donors (Lipinski definition) is 1. The zero-order valence-electron chi connectivity index (χ0n) is 16.7. The van der Waals surface area contributed by atoms with Crippen molar-refractivity contribution in [2.45, 2.75) is 24.7 Å². The molecule has 1 aliphatic rings. The van der Waals surface area contributed by atoms with Gasteiger partial charge in [-0.3, -0.25) is 14.9 Å². The summed E-state index contributed by atoms with van der Waals surface area (Å²) in [5, 5.41) is 13.6. The molecule has 1 heterocycles. The number of piperidine rings is 1. The molecule has 0 saturated carbocycles. The van der Waals surface area contributed by atoms with Gasteiger partial charge in [0.05, 0.1) is 16.9 Å². The Morgan fingerprint density at radius 3 is 2.50 bits per heavy atom. The number of carbonyl (C=O) groups excluding carboxylic acids is 1. The van der Waals surface area contributed by atoms with Crippen molar-refractivity contribution in [2.75, 3.05) is 25.5 Å². The van der Waals surface area contributed by atoms with E-state index in [0.29, 0.717) is 24.3 Å². The third-order valence-electron chi connectivity index (χ3n) is 5.15. The lowest BCUT2D eigenvalue weighted by molar-refractivity contribution is -0.384. The number of nitro benzene ring substituents is 1. The SMILES string of the molecule is COc1ccc(S(=O)(=O)N2CCC(C(=O)Nc3cccc([N+](=O)[O-])c3)CC2)cc1C. The van der Waals surface area contributed by atoms with E-state index in [1.807, 2.05) is 0 Å². The van der Waals surface area contributed by atoms with Gasteiger partial charge in [0.25, 0.3) is 5.69 Å². The van der Waals surface area contributed by atoms with Gasteiger partial charge >= 0.3 is 0 Å². The number of non-ortho nitro benzene ring substituents is 1. The Bertz CT molecular complexity index is 1060. The quantitative estimate of drug-likeness (QED) is 0.553. The summed E-state index contributed by atoms with van der Waals surface area (Å²) < 4.78 is 32.4. The Hall–Kier alpha value is -2.98. The molecule has 1 fully saturated rings. The molecule has 1 amide bonds. The van der Waals surface area contributed by atoms with Crippen LogP contribution in [0.1, 0.15) is 18.4 Å². The van der Waals surface area contributed by atoms with Crippen molar-refractivity contribution in [1.82, 2.24) is 4.31 Å². The van der Waals surface area contributed by atoms with Gasteiger partial charge in [0.2, 0.25) is 15.9 Å². The van der Waals surface area contributed by atoms with Crippen molar-refractivity contribution in [3.05, 3.63) is 58.1 Å². The molecule has 2 aromatic carbocycles. The summed E-state index contributed by atoms with van der Waals surface area (Å²) in [6, 6.07) is 10.4. The summed E-state index contributed by atoms with van der Waals surface area (Å²) >= 11 is 0. The number of amides is 1. The standard InChI is InChI=1S/C20H23N3O6S/c1-14-12-18(6-7-19(14)29-2)30(27,28)22-10-8-15(9-11-22)20(24)21-16-4-3-5-17(13-16)23(25)26/h3-7,12-13,15H,8-11H2,1-2H3,(H,21,24). The predicted octanol–water partition coefficient (Wildman–Crippen LogP) is 2.95. The largest absolute Gasteiger partial charge is 0.496 e. The van der Waals surface area contributed by atoms with Crippen molar-refractivity contribution >= 4 is 27.3 Å². The van der Waals surface area contributed by atoms with E-state index in [-0.39, 0.29) is 35.5 Å². The Kier molecular flexibility index (Phi) is 6.37. The van der Waals surface area contributed by atoms with Crippen molar-refractivity contribution in [1.29, 1.82) is 0 Å². The first-order valence-electron chi connectivity index (χ1n) is 9.42. The van der Waals surface area contributed by atoms with Gasteiger partial charge < -0.3 is 10.1 Å². The second-order valence-electron chi connectivity index (χ2n) is 7.11. The van der Waals surface area contributed by atoms with E-state index in [1.54, 1.807) is 25.1 Å². The fourth-order valence-electron chi connectivity index (χ4n) is 3.46. The van der Waals surface area contributed by atoms with E-state index in [4.69, 9.17) is 4.74 Å². The maximum Gasteiger partial charge on any atom is 0.271 e. The van der Waals surface area contributed by atoms with Crippen molar-refractivity contribution in [2.24, 2.45) is 5.92 Å². The second kappa shape index (κ2) is 8.80. The zero-order chi connectivity index (χ0) is 21.9. The number of carbonyl (C=O) groups is 1. The third-order valence-corrected chi connectivity index (χ3v) is 7.05. The van der Waals surface area contributed by atoms with Gasteiger partial charge in [0, 0.05) is 36.8 Å². The molecule has 3 rings (SSSR count). The number of ether oxygens (including phenoxy) is 1. The Balaban J connectivity index is 1.64. The van der Waals surface area contributed by atoms with Gasteiger partial charge in [-0.05, 0) is 49.6 Å². The van der Waals surface area contributed by atoms with Crippen LogP contribution < -0.4 is 10.1 Å². The molecule has 0 bridgehead atoms. The van der Waals surface area contributed by atoms with E-state index in [2.05, 4.69) is 5.32 Å².